The number of aliphatic hydroxyl groups is 3. The van der Waals surface area contributed by atoms with Gasteiger partial charge in [0.05, 0.1) is 17.8 Å². The second-order valence-corrected chi connectivity index (χ2v) is 10.2. The van der Waals surface area contributed by atoms with Gasteiger partial charge in [-0.3, -0.25) is 0 Å². The summed E-state index contributed by atoms with van der Waals surface area (Å²) in [7, 11) is 0. The van der Waals surface area contributed by atoms with Crippen LogP contribution in [-0.4, -0.2) is 33.1 Å². The van der Waals surface area contributed by atoms with Crippen LogP contribution >= 0.6 is 0 Å². The third-order valence-corrected chi connectivity index (χ3v) is 9.48. The molecule has 4 fully saturated rings. The van der Waals surface area contributed by atoms with Crippen LogP contribution in [0.15, 0.2) is 0 Å². The highest BCUT2D eigenvalue weighted by Gasteiger charge is 2.67. The fraction of sp³-hybridized carbons (Fsp3) is 1.00. The van der Waals surface area contributed by atoms with Crippen LogP contribution in [0.1, 0.15) is 78.6 Å². The number of hydrogen-bond donors (Lipinski definition) is 3. The van der Waals surface area contributed by atoms with Crippen LogP contribution in [0.3, 0.4) is 0 Å². The quantitative estimate of drug-likeness (QED) is 0.687. The van der Waals surface area contributed by atoms with Crippen molar-refractivity contribution in [2.75, 3.05) is 0 Å². The molecule has 0 aromatic carbocycles. The summed E-state index contributed by atoms with van der Waals surface area (Å²) >= 11 is 0. The third kappa shape index (κ3) is 2.07. The molecule has 4 saturated carbocycles. The van der Waals surface area contributed by atoms with Gasteiger partial charge in [0.15, 0.2) is 0 Å². The van der Waals surface area contributed by atoms with Crippen molar-refractivity contribution < 1.29 is 15.3 Å². The zero-order valence-electron chi connectivity index (χ0n) is 15.7. The summed E-state index contributed by atoms with van der Waals surface area (Å²) in [5.74, 6) is 1.85. The Labute approximate surface area is 146 Å². The molecule has 0 radical (unpaired) electrons. The SMILES string of the molecule is C[C@H](O)[C@H]1CC[C@]2(O)[C@H]3CC[C@H]4C[C@@H](O)CC[C@]4(C)[C@H]3CC[C@]12C. The van der Waals surface area contributed by atoms with E-state index < -0.39 is 5.60 Å². The van der Waals surface area contributed by atoms with Crippen LogP contribution in [0.2, 0.25) is 0 Å². The van der Waals surface area contributed by atoms with Crippen LogP contribution in [-0.2, 0) is 0 Å². The zero-order chi connectivity index (χ0) is 17.3. The molecule has 0 aliphatic heterocycles. The Kier molecular flexibility index (Phi) is 3.92. The number of rotatable bonds is 1. The summed E-state index contributed by atoms with van der Waals surface area (Å²) in [4.78, 5) is 0. The molecule has 4 rings (SSSR count). The first kappa shape index (κ1) is 17.3. The fourth-order valence-electron chi connectivity index (χ4n) is 8.02. The highest BCUT2D eigenvalue weighted by molar-refractivity contribution is 5.17. The van der Waals surface area contributed by atoms with Gasteiger partial charge in [-0.25, -0.2) is 0 Å². The van der Waals surface area contributed by atoms with Crippen molar-refractivity contribution in [3.05, 3.63) is 0 Å². The number of hydrogen-bond acceptors (Lipinski definition) is 3. The third-order valence-electron chi connectivity index (χ3n) is 9.48. The fourth-order valence-corrected chi connectivity index (χ4v) is 8.02. The summed E-state index contributed by atoms with van der Waals surface area (Å²) in [6.07, 6.45) is 8.92. The summed E-state index contributed by atoms with van der Waals surface area (Å²) in [6, 6.07) is 0. The van der Waals surface area contributed by atoms with Crippen molar-refractivity contribution in [3.8, 4) is 0 Å². The van der Waals surface area contributed by atoms with Crippen LogP contribution in [0, 0.1) is 34.5 Å². The molecule has 4 aliphatic rings. The van der Waals surface area contributed by atoms with Crippen molar-refractivity contribution in [1.82, 2.24) is 0 Å². The molecule has 0 unspecified atom stereocenters. The lowest BCUT2D eigenvalue weighted by atomic mass is 9.43. The predicted octanol–water partition coefficient (Wildman–Crippen LogP) is 3.50. The van der Waals surface area contributed by atoms with E-state index in [-0.39, 0.29) is 23.5 Å². The molecule has 0 aromatic heterocycles. The van der Waals surface area contributed by atoms with E-state index in [0.717, 1.165) is 51.4 Å². The summed E-state index contributed by atoms with van der Waals surface area (Å²) in [5, 5.41) is 32.3. The first-order valence-corrected chi connectivity index (χ1v) is 10.3. The van der Waals surface area contributed by atoms with Gasteiger partial charge in [0, 0.05) is 5.41 Å². The van der Waals surface area contributed by atoms with E-state index in [0.29, 0.717) is 23.2 Å². The minimum Gasteiger partial charge on any atom is -0.393 e. The molecule has 138 valence electrons. The molecule has 4 aliphatic carbocycles. The molecule has 0 heterocycles. The number of fused-ring (bicyclic) bond motifs is 5. The summed E-state index contributed by atoms with van der Waals surface area (Å²) in [6.45, 7) is 6.62. The van der Waals surface area contributed by atoms with Gasteiger partial charge >= 0.3 is 0 Å². The molecule has 3 N–H and O–H groups in total. The summed E-state index contributed by atoms with van der Waals surface area (Å²) in [5.41, 5.74) is -0.427. The molecular formula is C21H36O3. The molecule has 0 spiro atoms. The Balaban J connectivity index is 1.66. The van der Waals surface area contributed by atoms with Crippen LogP contribution < -0.4 is 0 Å². The molecule has 3 nitrogen and oxygen atoms in total. The second kappa shape index (κ2) is 5.44. The van der Waals surface area contributed by atoms with E-state index in [1.165, 1.54) is 6.42 Å². The van der Waals surface area contributed by atoms with Gasteiger partial charge in [0.25, 0.3) is 0 Å². The van der Waals surface area contributed by atoms with Gasteiger partial charge in [-0.2, -0.15) is 0 Å². The van der Waals surface area contributed by atoms with E-state index >= 15 is 0 Å². The largest absolute Gasteiger partial charge is 0.393 e. The first-order valence-electron chi connectivity index (χ1n) is 10.3. The lowest BCUT2D eigenvalue weighted by molar-refractivity contribution is -0.215. The second-order valence-electron chi connectivity index (χ2n) is 10.2. The van der Waals surface area contributed by atoms with E-state index in [2.05, 4.69) is 13.8 Å². The van der Waals surface area contributed by atoms with Crippen LogP contribution in [0.4, 0.5) is 0 Å². The standard InChI is InChI=1S/C21H36O3/c1-13(22)16-8-11-21(24)18-5-4-14-12-15(23)6-9-19(14,2)17(18)7-10-20(16,21)3/h13-18,22-24H,4-12H2,1-3H3/t13-,14-,15-,16+,17-,18-,19-,20+,21-/m0/s1. The Morgan fingerprint density at radius 1 is 0.917 bits per heavy atom. The molecule has 0 saturated heterocycles. The Morgan fingerprint density at radius 3 is 2.38 bits per heavy atom. The van der Waals surface area contributed by atoms with Crippen molar-refractivity contribution in [1.29, 1.82) is 0 Å². The highest BCUT2D eigenvalue weighted by Crippen LogP contribution is 2.69. The topological polar surface area (TPSA) is 60.7 Å². The highest BCUT2D eigenvalue weighted by atomic mass is 16.3. The molecule has 24 heavy (non-hydrogen) atoms. The van der Waals surface area contributed by atoms with E-state index in [1.54, 1.807) is 0 Å². The number of aliphatic hydroxyl groups excluding tert-OH is 2. The Hall–Kier alpha value is -0.120. The first-order chi connectivity index (χ1) is 11.2. The molecule has 0 amide bonds. The monoisotopic (exact) mass is 336 g/mol. The maximum Gasteiger partial charge on any atom is 0.0735 e. The average molecular weight is 337 g/mol. The maximum atomic E-state index is 11.9. The smallest absolute Gasteiger partial charge is 0.0735 e. The van der Waals surface area contributed by atoms with Crippen molar-refractivity contribution in [3.63, 3.8) is 0 Å². The van der Waals surface area contributed by atoms with Crippen LogP contribution in [0.25, 0.3) is 0 Å². The molecule has 0 aromatic rings. The van der Waals surface area contributed by atoms with Crippen molar-refractivity contribution >= 4 is 0 Å². The molecule has 9 atom stereocenters. The molecule has 0 bridgehead atoms. The van der Waals surface area contributed by atoms with Crippen molar-refractivity contribution in [2.45, 2.75) is 96.4 Å². The lowest BCUT2D eigenvalue weighted by Gasteiger charge is -2.63. The van der Waals surface area contributed by atoms with Gasteiger partial charge in [0.1, 0.15) is 0 Å². The normalized spacial score (nSPS) is 58.5. The predicted molar refractivity (Wildman–Crippen MR) is 94.4 cm³/mol. The van der Waals surface area contributed by atoms with E-state index in [4.69, 9.17) is 0 Å². The molecular weight excluding hydrogens is 300 g/mol. The van der Waals surface area contributed by atoms with Gasteiger partial charge in [0.2, 0.25) is 0 Å². The summed E-state index contributed by atoms with van der Waals surface area (Å²) < 4.78 is 0. The average Bonchev–Trinajstić information content (AvgIpc) is 2.80. The maximum absolute atomic E-state index is 11.9. The van der Waals surface area contributed by atoms with E-state index in [1.807, 2.05) is 6.92 Å². The lowest BCUT2D eigenvalue weighted by Crippen LogP contribution is -2.62. The minimum atomic E-state index is -0.596. The van der Waals surface area contributed by atoms with Gasteiger partial charge < -0.3 is 15.3 Å². The zero-order valence-corrected chi connectivity index (χ0v) is 15.7. The van der Waals surface area contributed by atoms with E-state index in [9.17, 15) is 15.3 Å². The minimum absolute atomic E-state index is 0.109. The van der Waals surface area contributed by atoms with Gasteiger partial charge in [-0.05, 0) is 93.8 Å². The van der Waals surface area contributed by atoms with Crippen LogP contribution in [0.5, 0.6) is 0 Å². The van der Waals surface area contributed by atoms with Gasteiger partial charge in [-0.15, -0.1) is 0 Å². The molecule has 3 heteroatoms. The Morgan fingerprint density at radius 2 is 1.67 bits per heavy atom. The van der Waals surface area contributed by atoms with Gasteiger partial charge in [-0.1, -0.05) is 13.8 Å². The van der Waals surface area contributed by atoms with Crippen molar-refractivity contribution in [2.24, 2.45) is 34.5 Å². The Bertz CT molecular complexity index is 505.